The van der Waals surface area contributed by atoms with Crippen molar-refractivity contribution in [2.75, 3.05) is 30.4 Å². The average Bonchev–Trinajstić information content (AvgIpc) is 2.63. The van der Waals surface area contributed by atoms with Crippen molar-refractivity contribution < 1.29 is 14.3 Å². The van der Waals surface area contributed by atoms with Gasteiger partial charge in [-0.15, -0.1) is 0 Å². The summed E-state index contributed by atoms with van der Waals surface area (Å²) in [5, 5.41) is 5.67. The molecule has 0 aromatic heterocycles. The number of amides is 3. The van der Waals surface area contributed by atoms with Crippen molar-refractivity contribution in [2.24, 2.45) is 0 Å². The van der Waals surface area contributed by atoms with Gasteiger partial charge in [-0.05, 0) is 63.3 Å². The van der Waals surface area contributed by atoms with Crippen LogP contribution in [0.15, 0.2) is 35.9 Å². The number of urea groups is 1. The molecule has 0 unspecified atom stereocenters. The fourth-order valence-corrected chi connectivity index (χ4v) is 2.74. The standard InChI is InChI=1S/C19H27N3O3/c1-3-25-19(24)22(2)17-11-9-16(10-12-17)21-18(23)20-14-13-15-7-5-4-6-8-15/h7,9-12H,3-6,8,13-14H2,1-2H3,(H2,20,21,23). The highest BCUT2D eigenvalue weighted by atomic mass is 16.6. The molecule has 0 spiro atoms. The van der Waals surface area contributed by atoms with Crippen LogP contribution in [0.3, 0.4) is 0 Å². The predicted molar refractivity (Wildman–Crippen MR) is 100 cm³/mol. The Labute approximate surface area is 149 Å². The van der Waals surface area contributed by atoms with Crippen LogP contribution in [0.5, 0.6) is 0 Å². The molecule has 1 aliphatic rings. The number of benzene rings is 1. The maximum Gasteiger partial charge on any atom is 0.413 e. The minimum atomic E-state index is -0.405. The molecule has 2 N–H and O–H groups in total. The van der Waals surface area contributed by atoms with Gasteiger partial charge < -0.3 is 15.4 Å². The third kappa shape index (κ3) is 6.14. The van der Waals surface area contributed by atoms with E-state index in [-0.39, 0.29) is 6.03 Å². The van der Waals surface area contributed by atoms with Crippen molar-refractivity contribution in [2.45, 2.75) is 39.0 Å². The van der Waals surface area contributed by atoms with Gasteiger partial charge in [-0.3, -0.25) is 4.90 Å². The van der Waals surface area contributed by atoms with Crippen LogP contribution in [0.4, 0.5) is 21.0 Å². The third-order valence-electron chi connectivity index (χ3n) is 4.17. The van der Waals surface area contributed by atoms with Crippen molar-refractivity contribution in [3.8, 4) is 0 Å². The topological polar surface area (TPSA) is 70.7 Å². The summed E-state index contributed by atoms with van der Waals surface area (Å²) in [5.74, 6) is 0. The lowest BCUT2D eigenvalue weighted by molar-refractivity contribution is 0.161. The summed E-state index contributed by atoms with van der Waals surface area (Å²) in [4.78, 5) is 25.0. The molecule has 1 aliphatic carbocycles. The largest absolute Gasteiger partial charge is 0.449 e. The van der Waals surface area contributed by atoms with E-state index in [2.05, 4.69) is 16.7 Å². The van der Waals surface area contributed by atoms with Crippen LogP contribution in [-0.2, 0) is 4.74 Å². The first kappa shape index (κ1) is 18.8. The van der Waals surface area contributed by atoms with Gasteiger partial charge in [0.25, 0.3) is 0 Å². The number of rotatable bonds is 6. The number of hydrogen-bond donors (Lipinski definition) is 2. The number of carbonyl (C=O) groups is 2. The second-order valence-corrected chi connectivity index (χ2v) is 6.04. The second-order valence-electron chi connectivity index (χ2n) is 6.04. The molecule has 0 atom stereocenters. The minimum absolute atomic E-state index is 0.220. The number of hydrogen-bond acceptors (Lipinski definition) is 3. The Morgan fingerprint density at radius 3 is 2.60 bits per heavy atom. The van der Waals surface area contributed by atoms with Gasteiger partial charge in [0.1, 0.15) is 0 Å². The Kier molecular flexibility index (Phi) is 7.32. The molecule has 2 rings (SSSR count). The number of nitrogens with zero attached hydrogens (tertiary/aromatic N) is 1. The smallest absolute Gasteiger partial charge is 0.413 e. The highest BCUT2D eigenvalue weighted by Crippen LogP contribution is 2.20. The summed E-state index contributed by atoms with van der Waals surface area (Å²) in [7, 11) is 1.65. The van der Waals surface area contributed by atoms with Crippen LogP contribution in [0, 0.1) is 0 Å². The molecular formula is C19H27N3O3. The highest BCUT2D eigenvalue weighted by Gasteiger charge is 2.11. The first-order chi connectivity index (χ1) is 12.1. The zero-order valence-electron chi connectivity index (χ0n) is 15.0. The van der Waals surface area contributed by atoms with Crippen LogP contribution in [-0.4, -0.2) is 32.3 Å². The predicted octanol–water partition coefficient (Wildman–Crippen LogP) is 4.29. The van der Waals surface area contributed by atoms with E-state index in [4.69, 9.17) is 4.74 Å². The number of carbonyl (C=O) groups excluding carboxylic acids is 2. The minimum Gasteiger partial charge on any atom is -0.449 e. The number of ether oxygens (including phenoxy) is 1. The number of nitrogens with one attached hydrogen (secondary N) is 2. The molecule has 1 aromatic rings. The van der Waals surface area contributed by atoms with Gasteiger partial charge in [-0.1, -0.05) is 11.6 Å². The first-order valence-electron chi connectivity index (χ1n) is 8.83. The zero-order chi connectivity index (χ0) is 18.1. The monoisotopic (exact) mass is 345 g/mol. The Hall–Kier alpha value is -2.50. The Balaban J connectivity index is 1.77. The molecule has 1 aromatic carbocycles. The van der Waals surface area contributed by atoms with Crippen molar-refractivity contribution in [3.63, 3.8) is 0 Å². The van der Waals surface area contributed by atoms with Crippen LogP contribution < -0.4 is 15.5 Å². The molecule has 3 amide bonds. The summed E-state index contributed by atoms with van der Waals surface area (Å²) >= 11 is 0. The molecule has 0 fully saturated rings. The van der Waals surface area contributed by atoms with Crippen LogP contribution in [0.2, 0.25) is 0 Å². The summed E-state index contributed by atoms with van der Waals surface area (Å²) in [5.41, 5.74) is 2.82. The molecule has 25 heavy (non-hydrogen) atoms. The van der Waals surface area contributed by atoms with Gasteiger partial charge in [0.05, 0.1) is 6.61 Å². The lowest BCUT2D eigenvalue weighted by Crippen LogP contribution is -2.30. The van der Waals surface area contributed by atoms with Crippen molar-refractivity contribution in [3.05, 3.63) is 35.9 Å². The summed E-state index contributed by atoms with van der Waals surface area (Å²) in [6, 6.07) is 6.82. The van der Waals surface area contributed by atoms with Crippen LogP contribution >= 0.6 is 0 Å². The van der Waals surface area contributed by atoms with Crippen molar-refractivity contribution in [1.29, 1.82) is 0 Å². The first-order valence-corrected chi connectivity index (χ1v) is 8.83. The van der Waals surface area contributed by atoms with Crippen LogP contribution in [0.1, 0.15) is 39.0 Å². The second kappa shape index (κ2) is 9.71. The van der Waals surface area contributed by atoms with Gasteiger partial charge in [0, 0.05) is 25.0 Å². The fraction of sp³-hybridized carbons (Fsp3) is 0.474. The maximum atomic E-state index is 11.9. The van der Waals surface area contributed by atoms with Gasteiger partial charge in [0.15, 0.2) is 0 Å². The van der Waals surface area contributed by atoms with E-state index in [9.17, 15) is 9.59 Å². The van der Waals surface area contributed by atoms with E-state index in [1.54, 1.807) is 38.2 Å². The van der Waals surface area contributed by atoms with E-state index in [0.29, 0.717) is 24.5 Å². The summed E-state index contributed by atoms with van der Waals surface area (Å²) in [6.45, 7) is 2.74. The van der Waals surface area contributed by atoms with Gasteiger partial charge in [0.2, 0.25) is 0 Å². The van der Waals surface area contributed by atoms with Gasteiger partial charge in [-0.2, -0.15) is 0 Å². The van der Waals surface area contributed by atoms with E-state index < -0.39 is 6.09 Å². The van der Waals surface area contributed by atoms with Crippen molar-refractivity contribution >= 4 is 23.5 Å². The third-order valence-corrected chi connectivity index (χ3v) is 4.17. The Morgan fingerprint density at radius 1 is 1.20 bits per heavy atom. The molecule has 136 valence electrons. The maximum absolute atomic E-state index is 11.9. The molecule has 0 bridgehead atoms. The van der Waals surface area contributed by atoms with Gasteiger partial charge >= 0.3 is 12.1 Å². The zero-order valence-corrected chi connectivity index (χ0v) is 15.0. The Morgan fingerprint density at radius 2 is 1.96 bits per heavy atom. The summed E-state index contributed by atoms with van der Waals surface area (Å²) in [6.07, 6.45) is 7.65. The SMILES string of the molecule is CCOC(=O)N(C)c1ccc(NC(=O)NCCC2=CCCCC2)cc1. The molecule has 0 heterocycles. The number of allylic oxidation sites excluding steroid dienone is 1. The molecule has 6 nitrogen and oxygen atoms in total. The molecule has 0 saturated heterocycles. The van der Waals surface area contributed by atoms with Crippen LogP contribution in [0.25, 0.3) is 0 Å². The molecule has 0 saturated carbocycles. The van der Waals surface area contributed by atoms with E-state index >= 15 is 0 Å². The average molecular weight is 345 g/mol. The Bertz CT molecular complexity index is 611. The van der Waals surface area contributed by atoms with E-state index in [1.165, 1.54) is 23.3 Å². The number of anilines is 2. The fourth-order valence-electron chi connectivity index (χ4n) is 2.74. The summed E-state index contributed by atoms with van der Waals surface area (Å²) < 4.78 is 4.95. The normalized spacial score (nSPS) is 13.6. The highest BCUT2D eigenvalue weighted by molar-refractivity contribution is 5.90. The van der Waals surface area contributed by atoms with Crippen molar-refractivity contribution in [1.82, 2.24) is 5.32 Å². The quantitative estimate of drug-likeness (QED) is 0.756. The van der Waals surface area contributed by atoms with E-state index in [1.807, 2.05) is 0 Å². The van der Waals surface area contributed by atoms with Gasteiger partial charge in [-0.25, -0.2) is 9.59 Å². The molecule has 6 heteroatoms. The lowest BCUT2D eigenvalue weighted by atomic mass is 9.97. The molecule has 0 radical (unpaired) electrons. The molecular weight excluding hydrogens is 318 g/mol. The lowest BCUT2D eigenvalue weighted by Gasteiger charge is -2.17. The molecule has 0 aliphatic heterocycles. The van der Waals surface area contributed by atoms with E-state index in [0.717, 1.165) is 19.3 Å².